The molecule has 0 N–H and O–H groups in total. The molecule has 0 spiro atoms. The molecular formula is C18H17B. The highest BCUT2D eigenvalue weighted by Crippen LogP contribution is 2.45. The Morgan fingerprint density at radius 3 is 3.05 bits per heavy atom. The van der Waals surface area contributed by atoms with E-state index in [4.69, 9.17) is 0 Å². The molecule has 2 aliphatic heterocycles. The molecule has 0 saturated heterocycles. The van der Waals surface area contributed by atoms with Gasteiger partial charge in [-0.1, -0.05) is 64.6 Å². The van der Waals surface area contributed by atoms with E-state index in [-0.39, 0.29) is 0 Å². The molecule has 0 radical (unpaired) electrons. The lowest BCUT2D eigenvalue weighted by Crippen LogP contribution is -2.49. The fourth-order valence-corrected chi connectivity index (χ4v) is 4.88. The van der Waals surface area contributed by atoms with E-state index < -0.39 is 0 Å². The standard InChI is InChI=1S/C18H17B/c1-6-14-10-12-4-2-8-16(12)19-17-9-3-5-13(17)11-15(7-1)18(14)19/h1-4,6-7,9,13,17H,5,8,10-11H2. The molecule has 1 aromatic carbocycles. The van der Waals surface area contributed by atoms with Gasteiger partial charge >= 0.3 is 0 Å². The third kappa shape index (κ3) is 1.26. The fourth-order valence-electron chi connectivity index (χ4n) is 4.88. The number of rotatable bonds is 0. The zero-order valence-corrected chi connectivity index (χ0v) is 11.1. The number of fused-ring (bicyclic) bond motifs is 3. The molecule has 0 nitrogen and oxygen atoms in total. The number of hydrogen-bond acceptors (Lipinski definition) is 0. The van der Waals surface area contributed by atoms with E-state index in [9.17, 15) is 0 Å². The second kappa shape index (κ2) is 3.53. The number of hydrogen-bond donors (Lipinski definition) is 0. The largest absolute Gasteiger partial charge is 0.213 e. The van der Waals surface area contributed by atoms with Gasteiger partial charge in [0.2, 0.25) is 6.71 Å². The van der Waals surface area contributed by atoms with Gasteiger partial charge < -0.3 is 0 Å². The van der Waals surface area contributed by atoms with E-state index in [1.807, 2.05) is 0 Å². The molecule has 0 saturated carbocycles. The van der Waals surface area contributed by atoms with Crippen LogP contribution >= 0.6 is 0 Å². The summed E-state index contributed by atoms with van der Waals surface area (Å²) < 4.78 is 0. The lowest BCUT2D eigenvalue weighted by atomic mass is 9.26. The van der Waals surface area contributed by atoms with Crippen molar-refractivity contribution >= 4 is 12.2 Å². The monoisotopic (exact) mass is 244 g/mol. The lowest BCUT2D eigenvalue weighted by molar-refractivity contribution is 0.554. The quantitative estimate of drug-likeness (QED) is 0.485. The van der Waals surface area contributed by atoms with Crippen LogP contribution in [0.25, 0.3) is 0 Å². The molecule has 1 aromatic rings. The van der Waals surface area contributed by atoms with Crippen LogP contribution in [0.15, 0.2) is 53.5 Å². The van der Waals surface area contributed by atoms with Gasteiger partial charge in [0.05, 0.1) is 0 Å². The van der Waals surface area contributed by atoms with Crippen LogP contribution in [0.1, 0.15) is 24.0 Å². The van der Waals surface area contributed by atoms with Crippen molar-refractivity contribution in [2.24, 2.45) is 5.92 Å². The predicted octanol–water partition coefficient (Wildman–Crippen LogP) is 3.24. The van der Waals surface area contributed by atoms with E-state index in [0.717, 1.165) is 11.7 Å². The van der Waals surface area contributed by atoms with Gasteiger partial charge in [-0.3, -0.25) is 0 Å². The Hall–Kier alpha value is -1.50. The summed E-state index contributed by atoms with van der Waals surface area (Å²) in [6.07, 6.45) is 14.7. The van der Waals surface area contributed by atoms with Crippen molar-refractivity contribution in [3.63, 3.8) is 0 Å². The van der Waals surface area contributed by atoms with Crippen molar-refractivity contribution in [3.05, 3.63) is 64.7 Å². The summed E-state index contributed by atoms with van der Waals surface area (Å²) in [7, 11) is 0. The van der Waals surface area contributed by atoms with Crippen molar-refractivity contribution in [3.8, 4) is 0 Å². The van der Waals surface area contributed by atoms with E-state index in [1.165, 1.54) is 25.7 Å². The molecule has 2 unspecified atom stereocenters. The van der Waals surface area contributed by atoms with Crippen molar-refractivity contribution < 1.29 is 0 Å². The maximum absolute atomic E-state index is 2.52. The van der Waals surface area contributed by atoms with Crippen LogP contribution < -0.4 is 5.46 Å². The van der Waals surface area contributed by atoms with Crippen molar-refractivity contribution in [1.82, 2.24) is 0 Å². The molecule has 92 valence electrons. The van der Waals surface area contributed by atoms with Crippen LogP contribution in [0.3, 0.4) is 0 Å². The van der Waals surface area contributed by atoms with Gasteiger partial charge in [-0.25, -0.2) is 0 Å². The van der Waals surface area contributed by atoms with Crippen LogP contribution in [0.2, 0.25) is 5.82 Å². The van der Waals surface area contributed by atoms with Crippen molar-refractivity contribution in [1.29, 1.82) is 0 Å². The summed E-state index contributed by atoms with van der Waals surface area (Å²) >= 11 is 0. The lowest BCUT2D eigenvalue weighted by Gasteiger charge is -2.39. The smallest absolute Gasteiger partial charge is 0.0916 e. The molecule has 2 atom stereocenters. The van der Waals surface area contributed by atoms with Gasteiger partial charge in [0.15, 0.2) is 0 Å². The van der Waals surface area contributed by atoms with Gasteiger partial charge in [0.1, 0.15) is 0 Å². The minimum atomic E-state index is 0.697. The Labute approximate surface area is 115 Å². The van der Waals surface area contributed by atoms with Crippen LogP contribution in [0.4, 0.5) is 0 Å². The van der Waals surface area contributed by atoms with E-state index in [2.05, 4.69) is 42.5 Å². The minimum Gasteiger partial charge on any atom is -0.0916 e. The molecule has 2 heterocycles. The topological polar surface area (TPSA) is 0 Å². The first-order valence-electron chi connectivity index (χ1n) is 7.57. The average molecular weight is 244 g/mol. The highest BCUT2D eigenvalue weighted by molar-refractivity contribution is 6.83. The Bertz CT molecular complexity index is 662. The maximum atomic E-state index is 2.52. The molecular weight excluding hydrogens is 227 g/mol. The molecule has 5 rings (SSSR count). The number of benzene rings is 1. The van der Waals surface area contributed by atoms with Gasteiger partial charge in [0, 0.05) is 0 Å². The van der Waals surface area contributed by atoms with Gasteiger partial charge in [0.25, 0.3) is 0 Å². The van der Waals surface area contributed by atoms with Crippen LogP contribution in [0.5, 0.6) is 0 Å². The van der Waals surface area contributed by atoms with E-state index in [0.29, 0.717) is 6.71 Å². The summed E-state index contributed by atoms with van der Waals surface area (Å²) in [5.74, 6) is 1.64. The fraction of sp³-hybridized carbons (Fsp3) is 0.333. The third-order valence-electron chi connectivity index (χ3n) is 5.63. The summed E-state index contributed by atoms with van der Waals surface area (Å²) in [6, 6.07) is 7.02. The van der Waals surface area contributed by atoms with Gasteiger partial charge in [-0.05, 0) is 43.0 Å². The summed E-state index contributed by atoms with van der Waals surface area (Å²) in [4.78, 5) is 0. The first-order chi connectivity index (χ1) is 9.42. The maximum Gasteiger partial charge on any atom is 0.213 e. The molecule has 0 fully saturated rings. The summed E-state index contributed by atoms with van der Waals surface area (Å²) in [5.41, 5.74) is 8.31. The zero-order valence-electron chi connectivity index (χ0n) is 11.1. The molecule has 19 heavy (non-hydrogen) atoms. The summed E-state index contributed by atoms with van der Waals surface area (Å²) in [6.45, 7) is 0.697. The second-order valence-electron chi connectivity index (χ2n) is 6.51. The van der Waals surface area contributed by atoms with E-state index in [1.54, 1.807) is 27.6 Å². The van der Waals surface area contributed by atoms with Crippen LogP contribution in [-0.4, -0.2) is 6.71 Å². The minimum absolute atomic E-state index is 0.697. The Morgan fingerprint density at radius 1 is 1.11 bits per heavy atom. The first kappa shape index (κ1) is 10.3. The Kier molecular flexibility index (Phi) is 1.92. The normalized spacial score (nSPS) is 29.6. The zero-order chi connectivity index (χ0) is 12.4. The van der Waals surface area contributed by atoms with Gasteiger partial charge in [-0.15, -0.1) is 0 Å². The molecule has 4 aliphatic rings. The third-order valence-corrected chi connectivity index (χ3v) is 5.63. The van der Waals surface area contributed by atoms with Crippen molar-refractivity contribution in [2.45, 2.75) is 31.5 Å². The van der Waals surface area contributed by atoms with Crippen LogP contribution in [-0.2, 0) is 12.8 Å². The Balaban J connectivity index is 1.78. The number of allylic oxidation sites excluding steroid dienone is 6. The highest BCUT2D eigenvalue weighted by Gasteiger charge is 2.44. The van der Waals surface area contributed by atoms with E-state index >= 15 is 0 Å². The Morgan fingerprint density at radius 2 is 2.05 bits per heavy atom. The van der Waals surface area contributed by atoms with Crippen molar-refractivity contribution in [2.75, 3.05) is 0 Å². The SMILES string of the molecule is C1=CC2=C(C1)B1c3c(cccc3CC3CC=CC13)C2. The molecule has 0 aromatic heterocycles. The highest BCUT2D eigenvalue weighted by atomic mass is 14.3. The molecule has 0 bridgehead atoms. The molecule has 2 aliphatic carbocycles. The van der Waals surface area contributed by atoms with Crippen LogP contribution in [0, 0.1) is 5.92 Å². The first-order valence-corrected chi connectivity index (χ1v) is 7.57. The summed E-state index contributed by atoms with van der Waals surface area (Å²) in [5, 5.41) is 0. The van der Waals surface area contributed by atoms with Gasteiger partial charge in [-0.2, -0.15) is 0 Å². The average Bonchev–Trinajstić information content (AvgIpc) is 3.05. The second-order valence-corrected chi connectivity index (χ2v) is 6.51. The predicted molar refractivity (Wildman–Crippen MR) is 81.0 cm³/mol. The molecule has 1 heteroatoms. The molecule has 0 amide bonds.